The summed E-state index contributed by atoms with van der Waals surface area (Å²) in [6.07, 6.45) is 3.24. The highest BCUT2D eigenvalue weighted by Crippen LogP contribution is 2.61. The van der Waals surface area contributed by atoms with Gasteiger partial charge in [0.1, 0.15) is 42.0 Å². The third-order valence-corrected chi connectivity index (χ3v) is 13.1. The fraction of sp³-hybridized carbons (Fsp3) is 0.676. The molecule has 7 atom stereocenters. The molecular formula is C34H56N7O18P3S. The van der Waals surface area contributed by atoms with Crippen molar-refractivity contribution in [2.45, 2.75) is 109 Å². The van der Waals surface area contributed by atoms with E-state index in [9.17, 15) is 62.7 Å². The quantitative estimate of drug-likeness (QED) is 0.0243. The largest absolute Gasteiger partial charge is 0.481 e. The summed E-state index contributed by atoms with van der Waals surface area (Å²) >= 11 is 0.915. The summed E-state index contributed by atoms with van der Waals surface area (Å²) in [4.78, 5) is 100. The molecule has 2 unspecified atom stereocenters. The van der Waals surface area contributed by atoms with Crippen LogP contribution in [-0.4, -0.2) is 128 Å². The number of aliphatic hydroxyl groups is 2. The fourth-order valence-corrected chi connectivity index (χ4v) is 9.29. The number of carbonyl (C=O) groups excluding carboxylic acids is 4. The van der Waals surface area contributed by atoms with Crippen LogP contribution in [0.3, 0.4) is 0 Å². The summed E-state index contributed by atoms with van der Waals surface area (Å²) in [7, 11) is -16.4. The number of hydrogen-bond acceptors (Lipinski definition) is 19. The highest BCUT2D eigenvalue weighted by atomic mass is 32.2. The number of Topliss-reactive ketones (excluding diaryl/α,β-unsaturated/α-hetero) is 1. The van der Waals surface area contributed by atoms with Gasteiger partial charge in [0.05, 0.1) is 26.0 Å². The molecule has 3 rings (SSSR count). The number of ketones is 1. The van der Waals surface area contributed by atoms with Gasteiger partial charge in [0, 0.05) is 37.1 Å². The number of aromatic nitrogens is 4. The Hall–Kier alpha value is -3.03. The van der Waals surface area contributed by atoms with Crippen molar-refractivity contribution < 1.29 is 85.3 Å². The first kappa shape index (κ1) is 54.3. The number of aliphatic hydroxyl groups excluding tert-OH is 2. The van der Waals surface area contributed by atoms with Crippen molar-refractivity contribution in [3.05, 3.63) is 24.8 Å². The molecule has 0 radical (unpaired) electrons. The highest BCUT2D eigenvalue weighted by Gasteiger charge is 2.50. The number of fused-ring (bicyclic) bond motifs is 1. The molecule has 63 heavy (non-hydrogen) atoms. The van der Waals surface area contributed by atoms with Crippen molar-refractivity contribution in [3.63, 3.8) is 0 Å². The Morgan fingerprint density at radius 1 is 0.984 bits per heavy atom. The first-order valence-electron chi connectivity index (χ1n) is 19.7. The Morgan fingerprint density at radius 2 is 1.68 bits per heavy atom. The number of nitrogens with zero attached hydrogens (tertiary/aromatic N) is 4. The molecule has 1 aliphatic rings. The van der Waals surface area contributed by atoms with Gasteiger partial charge >= 0.3 is 23.5 Å². The summed E-state index contributed by atoms with van der Waals surface area (Å²) in [6, 6.07) is 0. The standard InChI is InChI=1S/C34H56N7O18P3S/c1-4-5-6-7-8-9-10-11-12-22(42)17-25(44)63-16-15-36-24(43)13-14-37-32(47)29(46)34(2,3)19-56-62(53,54)59-61(51,52)55-18-23-28(58-60(48,49)50)27(45)33(57-23)41-21-40-26-30(35)38-20-39-31(26)41/h9-10,20-21,23,27-29,33,45-46H,4-8,11-19H2,1-3H3,(H,36,43)(H,37,47)(H,51,52)(H,53,54)(H2,35,38,39)(H2,48,49,50)/b10-9-/t23-,27-,28-,29+,33-/m1/s1. The van der Waals surface area contributed by atoms with Crippen LogP contribution in [0.5, 0.6) is 0 Å². The topological polar surface area (TPSA) is 381 Å². The van der Waals surface area contributed by atoms with Gasteiger partial charge in [-0.1, -0.05) is 63.9 Å². The van der Waals surface area contributed by atoms with Gasteiger partial charge in [0.2, 0.25) is 11.8 Å². The number of ether oxygens (including phenoxy) is 1. The lowest BCUT2D eigenvalue weighted by Crippen LogP contribution is -2.46. The first-order chi connectivity index (χ1) is 29.4. The van der Waals surface area contributed by atoms with E-state index in [-0.39, 0.29) is 66.0 Å². The summed E-state index contributed by atoms with van der Waals surface area (Å²) in [5.74, 6) is -1.48. The maximum absolute atomic E-state index is 12.7. The summed E-state index contributed by atoms with van der Waals surface area (Å²) in [6.45, 7) is 2.46. The number of nitrogen functional groups attached to an aromatic ring is 1. The molecule has 2 amide bonds. The van der Waals surface area contributed by atoms with Crippen LogP contribution in [0.15, 0.2) is 24.8 Å². The van der Waals surface area contributed by atoms with Gasteiger partial charge < -0.3 is 50.9 Å². The van der Waals surface area contributed by atoms with E-state index in [1.54, 1.807) is 0 Å². The van der Waals surface area contributed by atoms with Crippen LogP contribution in [-0.2, 0) is 55.5 Å². The molecule has 1 saturated heterocycles. The number of anilines is 1. The molecule has 29 heteroatoms. The fourth-order valence-electron chi connectivity index (χ4n) is 5.76. The molecule has 10 N–H and O–H groups in total. The number of nitrogens with two attached hydrogens (primary N) is 1. The molecule has 1 fully saturated rings. The van der Waals surface area contributed by atoms with Gasteiger partial charge in [-0.05, 0) is 19.3 Å². The average molecular weight is 976 g/mol. The van der Waals surface area contributed by atoms with E-state index in [2.05, 4.69) is 47.4 Å². The summed E-state index contributed by atoms with van der Waals surface area (Å²) in [5.41, 5.74) is 4.23. The van der Waals surface area contributed by atoms with Crippen LogP contribution in [0.2, 0.25) is 0 Å². The summed E-state index contributed by atoms with van der Waals surface area (Å²) < 4.78 is 62.2. The Morgan fingerprint density at radius 3 is 2.38 bits per heavy atom. The average Bonchev–Trinajstić information content (AvgIpc) is 3.75. The minimum absolute atomic E-state index is 0.0247. The van der Waals surface area contributed by atoms with E-state index in [0.29, 0.717) is 6.42 Å². The van der Waals surface area contributed by atoms with Crippen LogP contribution in [0.4, 0.5) is 5.82 Å². The lowest BCUT2D eigenvalue weighted by Gasteiger charge is -2.30. The van der Waals surface area contributed by atoms with Crippen LogP contribution < -0.4 is 16.4 Å². The SMILES string of the molecule is CCCCCC/C=C\CCC(=O)CC(=O)SCCNC(=O)CCNC(=O)[C@H](O)C(C)(C)COP(=O)(O)OP(=O)(O)OC[C@H]1O[C@@H](n2cnc3c(N)ncnc32)[C@H](O)[C@@H]1OP(=O)(O)O. The minimum Gasteiger partial charge on any atom is -0.386 e. The molecule has 25 nitrogen and oxygen atoms in total. The second-order valence-electron chi connectivity index (χ2n) is 14.9. The number of hydrogen-bond donors (Lipinski definition) is 9. The third-order valence-electron chi connectivity index (χ3n) is 9.09. The van der Waals surface area contributed by atoms with Gasteiger partial charge in [-0.25, -0.2) is 28.6 Å². The molecule has 0 aliphatic carbocycles. The van der Waals surface area contributed by atoms with Crippen LogP contribution >= 0.6 is 35.2 Å². The predicted molar refractivity (Wildman–Crippen MR) is 224 cm³/mol. The maximum atomic E-state index is 12.7. The molecule has 356 valence electrons. The van der Waals surface area contributed by atoms with Gasteiger partial charge in [0.25, 0.3) is 0 Å². The number of nitrogens with one attached hydrogen (secondary N) is 2. The second-order valence-corrected chi connectivity index (χ2v) is 20.3. The van der Waals surface area contributed by atoms with E-state index < -0.39 is 84.6 Å². The van der Waals surface area contributed by atoms with Crippen molar-refractivity contribution in [2.24, 2.45) is 5.41 Å². The monoisotopic (exact) mass is 975 g/mol. The van der Waals surface area contributed by atoms with E-state index in [1.165, 1.54) is 33.1 Å². The number of carbonyl (C=O) groups is 4. The van der Waals surface area contributed by atoms with Crippen molar-refractivity contribution in [1.82, 2.24) is 30.2 Å². The molecule has 0 saturated carbocycles. The Balaban J connectivity index is 1.39. The van der Waals surface area contributed by atoms with E-state index in [4.69, 9.17) is 19.5 Å². The first-order valence-corrected chi connectivity index (χ1v) is 25.2. The zero-order valence-corrected chi connectivity index (χ0v) is 38.3. The zero-order valence-electron chi connectivity index (χ0n) is 34.8. The number of unbranched alkanes of at least 4 members (excludes halogenated alkanes) is 4. The van der Waals surface area contributed by atoms with Gasteiger partial charge in [-0.3, -0.25) is 37.3 Å². The number of imidazole rings is 1. The number of allylic oxidation sites excluding steroid dienone is 2. The lowest BCUT2D eigenvalue weighted by atomic mass is 9.87. The predicted octanol–water partition coefficient (Wildman–Crippen LogP) is 1.93. The Labute approximate surface area is 366 Å². The molecule has 3 heterocycles. The number of rotatable bonds is 29. The number of thioether (sulfide) groups is 1. The lowest BCUT2D eigenvalue weighted by molar-refractivity contribution is -0.137. The molecule has 0 bridgehead atoms. The highest BCUT2D eigenvalue weighted by molar-refractivity contribution is 8.13. The molecule has 0 aromatic carbocycles. The molecule has 2 aromatic heterocycles. The van der Waals surface area contributed by atoms with Crippen molar-refractivity contribution >= 4 is 74.9 Å². The van der Waals surface area contributed by atoms with Crippen LogP contribution in [0, 0.1) is 5.41 Å². The number of phosphoric ester groups is 3. The number of phosphoric acid groups is 3. The molecule has 0 spiro atoms. The minimum atomic E-state index is -5.59. The van der Waals surface area contributed by atoms with Crippen molar-refractivity contribution in [1.29, 1.82) is 0 Å². The zero-order chi connectivity index (χ0) is 47.0. The van der Waals surface area contributed by atoms with Crippen LogP contribution in [0.25, 0.3) is 11.2 Å². The van der Waals surface area contributed by atoms with Gasteiger partial charge in [0.15, 0.2) is 22.8 Å². The Bertz CT molecular complexity index is 2040. The van der Waals surface area contributed by atoms with E-state index in [1.807, 2.05) is 6.08 Å². The van der Waals surface area contributed by atoms with Gasteiger partial charge in [-0.15, -0.1) is 0 Å². The van der Waals surface area contributed by atoms with Gasteiger partial charge in [-0.2, -0.15) is 4.31 Å². The molecule has 1 aliphatic heterocycles. The number of amides is 2. The Kier molecular flexibility index (Phi) is 21.6. The van der Waals surface area contributed by atoms with Crippen LogP contribution in [0.1, 0.15) is 84.8 Å². The second kappa shape index (κ2) is 25.0. The summed E-state index contributed by atoms with van der Waals surface area (Å²) in [5, 5.41) is 26.1. The maximum Gasteiger partial charge on any atom is 0.481 e. The van der Waals surface area contributed by atoms with Crippen molar-refractivity contribution in [3.8, 4) is 0 Å². The van der Waals surface area contributed by atoms with Crippen molar-refractivity contribution in [2.75, 3.05) is 37.8 Å². The smallest absolute Gasteiger partial charge is 0.386 e. The van der Waals surface area contributed by atoms with E-state index in [0.717, 1.165) is 41.8 Å². The molecular weight excluding hydrogens is 919 g/mol. The van der Waals surface area contributed by atoms with E-state index >= 15 is 0 Å². The third kappa shape index (κ3) is 18.8. The molecule has 2 aromatic rings. The normalized spacial score (nSPS) is 20.7.